The van der Waals surface area contributed by atoms with E-state index in [1.165, 1.54) is 32.1 Å². The summed E-state index contributed by atoms with van der Waals surface area (Å²) in [5.74, 6) is 0.677. The zero-order valence-electron chi connectivity index (χ0n) is 8.50. The maximum absolute atomic E-state index is 5.80. The van der Waals surface area contributed by atoms with Gasteiger partial charge in [-0.25, -0.2) is 0 Å². The summed E-state index contributed by atoms with van der Waals surface area (Å²) in [7, 11) is 0. The second-order valence-corrected chi connectivity index (χ2v) is 4.37. The minimum absolute atomic E-state index is 0.115. The van der Waals surface area contributed by atoms with E-state index in [2.05, 4.69) is 6.92 Å². The number of hydrogen-bond donors (Lipinski definition) is 0. The molecule has 2 nitrogen and oxygen atoms in total. The van der Waals surface area contributed by atoms with Crippen LogP contribution in [0, 0.1) is 5.92 Å². The molecule has 0 radical (unpaired) electrons. The average molecular weight is 184 g/mol. The third-order valence-electron chi connectivity index (χ3n) is 3.21. The van der Waals surface area contributed by atoms with Gasteiger partial charge >= 0.3 is 0 Å². The van der Waals surface area contributed by atoms with E-state index in [-0.39, 0.29) is 6.29 Å². The van der Waals surface area contributed by atoms with Crippen LogP contribution in [-0.2, 0) is 9.47 Å². The van der Waals surface area contributed by atoms with E-state index in [1.807, 2.05) is 0 Å². The first-order valence-electron chi connectivity index (χ1n) is 5.63. The molecule has 2 fully saturated rings. The number of ether oxygens (including phenoxy) is 2. The first kappa shape index (κ1) is 9.47. The molecular weight excluding hydrogens is 164 g/mol. The van der Waals surface area contributed by atoms with Crippen LogP contribution in [0.4, 0.5) is 0 Å². The van der Waals surface area contributed by atoms with Crippen molar-refractivity contribution in [3.8, 4) is 0 Å². The Hall–Kier alpha value is -0.0800. The Bertz CT molecular complexity index is 152. The first-order chi connectivity index (χ1) is 6.36. The molecular formula is C11H20O2. The molecule has 0 aromatic rings. The van der Waals surface area contributed by atoms with E-state index in [9.17, 15) is 0 Å². The molecule has 0 aromatic heterocycles. The first-order valence-corrected chi connectivity index (χ1v) is 5.63. The molecule has 1 saturated heterocycles. The minimum Gasteiger partial charge on any atom is -0.352 e. The van der Waals surface area contributed by atoms with Crippen LogP contribution in [0.25, 0.3) is 0 Å². The zero-order chi connectivity index (χ0) is 9.10. The largest absolute Gasteiger partial charge is 0.352 e. The molecule has 13 heavy (non-hydrogen) atoms. The Kier molecular flexibility index (Phi) is 3.23. The summed E-state index contributed by atoms with van der Waals surface area (Å²) in [6.07, 6.45) is 8.31. The SMILES string of the molecule is CC1CCOC(C2CCCCC2)O1. The third kappa shape index (κ3) is 2.44. The van der Waals surface area contributed by atoms with Crippen LogP contribution < -0.4 is 0 Å². The third-order valence-corrected chi connectivity index (χ3v) is 3.21. The quantitative estimate of drug-likeness (QED) is 0.624. The summed E-state index contributed by atoms with van der Waals surface area (Å²) < 4.78 is 11.5. The molecule has 76 valence electrons. The van der Waals surface area contributed by atoms with Gasteiger partial charge in [-0.05, 0) is 26.2 Å². The van der Waals surface area contributed by atoms with Crippen LogP contribution in [0.2, 0.25) is 0 Å². The summed E-state index contributed by atoms with van der Waals surface area (Å²) in [5.41, 5.74) is 0. The molecule has 1 aliphatic carbocycles. The van der Waals surface area contributed by atoms with Crippen molar-refractivity contribution in [2.75, 3.05) is 6.61 Å². The van der Waals surface area contributed by atoms with Gasteiger partial charge in [-0.1, -0.05) is 19.3 Å². The van der Waals surface area contributed by atoms with E-state index in [1.54, 1.807) is 0 Å². The predicted octanol–water partition coefficient (Wildman–Crippen LogP) is 2.72. The normalized spacial score (nSPS) is 37.6. The van der Waals surface area contributed by atoms with Crippen LogP contribution in [-0.4, -0.2) is 19.0 Å². The topological polar surface area (TPSA) is 18.5 Å². The molecule has 1 saturated carbocycles. The van der Waals surface area contributed by atoms with Crippen molar-refractivity contribution in [1.82, 2.24) is 0 Å². The molecule has 0 spiro atoms. The predicted molar refractivity (Wildman–Crippen MR) is 51.5 cm³/mol. The monoisotopic (exact) mass is 184 g/mol. The maximum Gasteiger partial charge on any atom is 0.160 e. The molecule has 2 unspecified atom stereocenters. The molecule has 1 aliphatic heterocycles. The second kappa shape index (κ2) is 4.43. The molecule has 0 aromatic carbocycles. The van der Waals surface area contributed by atoms with E-state index in [0.717, 1.165) is 13.0 Å². The average Bonchev–Trinajstić information content (AvgIpc) is 2.19. The van der Waals surface area contributed by atoms with Crippen LogP contribution in [0.3, 0.4) is 0 Å². The lowest BCUT2D eigenvalue weighted by atomic mass is 9.88. The Morgan fingerprint density at radius 2 is 1.77 bits per heavy atom. The van der Waals surface area contributed by atoms with Gasteiger partial charge in [-0.2, -0.15) is 0 Å². The van der Waals surface area contributed by atoms with Gasteiger partial charge in [0.2, 0.25) is 0 Å². The van der Waals surface area contributed by atoms with Gasteiger partial charge in [0.15, 0.2) is 6.29 Å². The van der Waals surface area contributed by atoms with Crippen molar-refractivity contribution in [3.63, 3.8) is 0 Å². The summed E-state index contributed by atoms with van der Waals surface area (Å²) in [6.45, 7) is 3.04. The lowest BCUT2D eigenvalue weighted by molar-refractivity contribution is -0.234. The highest BCUT2D eigenvalue weighted by Gasteiger charge is 2.29. The van der Waals surface area contributed by atoms with Crippen molar-refractivity contribution in [3.05, 3.63) is 0 Å². The second-order valence-electron chi connectivity index (χ2n) is 4.37. The van der Waals surface area contributed by atoms with E-state index < -0.39 is 0 Å². The molecule has 0 amide bonds. The lowest BCUT2D eigenvalue weighted by Gasteiger charge is -2.35. The molecule has 2 atom stereocenters. The molecule has 0 bridgehead atoms. The van der Waals surface area contributed by atoms with Gasteiger partial charge in [0.05, 0.1) is 12.7 Å². The fourth-order valence-corrected chi connectivity index (χ4v) is 2.34. The Morgan fingerprint density at radius 1 is 1.00 bits per heavy atom. The Morgan fingerprint density at radius 3 is 2.46 bits per heavy atom. The number of rotatable bonds is 1. The van der Waals surface area contributed by atoms with Crippen LogP contribution in [0.5, 0.6) is 0 Å². The Labute approximate surface area is 80.6 Å². The van der Waals surface area contributed by atoms with Crippen molar-refractivity contribution in [2.24, 2.45) is 5.92 Å². The van der Waals surface area contributed by atoms with Crippen LogP contribution in [0.1, 0.15) is 45.4 Å². The highest BCUT2D eigenvalue weighted by atomic mass is 16.7. The highest BCUT2D eigenvalue weighted by Crippen LogP contribution is 2.30. The van der Waals surface area contributed by atoms with Gasteiger partial charge in [0.1, 0.15) is 0 Å². The van der Waals surface area contributed by atoms with Crippen molar-refractivity contribution in [1.29, 1.82) is 0 Å². The fourth-order valence-electron chi connectivity index (χ4n) is 2.34. The number of hydrogen-bond acceptors (Lipinski definition) is 2. The smallest absolute Gasteiger partial charge is 0.160 e. The standard InChI is InChI=1S/C11H20O2/c1-9-7-8-12-11(13-9)10-5-3-2-4-6-10/h9-11H,2-8H2,1H3. The van der Waals surface area contributed by atoms with Gasteiger partial charge < -0.3 is 9.47 Å². The van der Waals surface area contributed by atoms with Gasteiger partial charge in [0.25, 0.3) is 0 Å². The van der Waals surface area contributed by atoms with Crippen molar-refractivity contribution in [2.45, 2.75) is 57.8 Å². The van der Waals surface area contributed by atoms with E-state index in [0.29, 0.717) is 12.0 Å². The lowest BCUT2D eigenvalue weighted by Crippen LogP contribution is -2.36. The highest BCUT2D eigenvalue weighted by molar-refractivity contribution is 4.72. The summed E-state index contributed by atoms with van der Waals surface area (Å²) in [5, 5.41) is 0. The fraction of sp³-hybridized carbons (Fsp3) is 1.00. The van der Waals surface area contributed by atoms with Gasteiger partial charge in [0, 0.05) is 5.92 Å². The minimum atomic E-state index is 0.115. The van der Waals surface area contributed by atoms with Crippen LogP contribution >= 0.6 is 0 Å². The van der Waals surface area contributed by atoms with Gasteiger partial charge in [-0.3, -0.25) is 0 Å². The van der Waals surface area contributed by atoms with Crippen molar-refractivity contribution >= 4 is 0 Å². The van der Waals surface area contributed by atoms with Crippen molar-refractivity contribution < 1.29 is 9.47 Å². The van der Waals surface area contributed by atoms with Crippen LogP contribution in [0.15, 0.2) is 0 Å². The maximum atomic E-state index is 5.80. The molecule has 2 aliphatic rings. The molecule has 2 heteroatoms. The molecule has 1 heterocycles. The summed E-state index contributed by atoms with van der Waals surface area (Å²) in [4.78, 5) is 0. The Balaban J connectivity index is 1.83. The summed E-state index contributed by atoms with van der Waals surface area (Å²) in [6, 6.07) is 0. The molecule has 0 N–H and O–H groups in total. The van der Waals surface area contributed by atoms with Gasteiger partial charge in [-0.15, -0.1) is 0 Å². The molecule has 2 rings (SSSR count). The van der Waals surface area contributed by atoms with E-state index >= 15 is 0 Å². The summed E-state index contributed by atoms with van der Waals surface area (Å²) >= 11 is 0. The van der Waals surface area contributed by atoms with E-state index in [4.69, 9.17) is 9.47 Å². The zero-order valence-corrected chi connectivity index (χ0v) is 8.50.